The van der Waals surface area contributed by atoms with Crippen molar-refractivity contribution >= 4 is 11.9 Å². The zero-order valence-electron chi connectivity index (χ0n) is 11.1. The van der Waals surface area contributed by atoms with E-state index in [2.05, 4.69) is 0 Å². The number of esters is 1. The molecule has 0 heterocycles. The number of rotatable bonds is 5. The number of amides is 1. The van der Waals surface area contributed by atoms with Gasteiger partial charge in [0.25, 0.3) is 5.91 Å². The standard InChI is InChI=1S/C13H16FNO4/c1-4-19-11(16)8-15(2)13(17)12-9(14)6-5-7-10(12)18-3/h5-7H,4,8H2,1-3H3. The van der Waals surface area contributed by atoms with Crippen LogP contribution in [-0.2, 0) is 9.53 Å². The minimum Gasteiger partial charge on any atom is -0.496 e. The highest BCUT2D eigenvalue weighted by Crippen LogP contribution is 2.22. The van der Waals surface area contributed by atoms with Crippen molar-refractivity contribution in [3.05, 3.63) is 29.6 Å². The molecule has 0 bridgehead atoms. The Morgan fingerprint density at radius 2 is 2.05 bits per heavy atom. The third-order valence-corrected chi connectivity index (χ3v) is 2.43. The van der Waals surface area contributed by atoms with Crippen molar-refractivity contribution in [1.82, 2.24) is 4.90 Å². The molecule has 0 saturated heterocycles. The Hall–Kier alpha value is -2.11. The summed E-state index contributed by atoms with van der Waals surface area (Å²) in [5.41, 5.74) is -0.197. The zero-order valence-corrected chi connectivity index (χ0v) is 11.1. The van der Waals surface area contributed by atoms with Gasteiger partial charge in [0, 0.05) is 7.05 Å². The number of methoxy groups -OCH3 is 1. The van der Waals surface area contributed by atoms with Crippen LogP contribution >= 0.6 is 0 Å². The Kier molecular flexibility index (Phi) is 5.29. The fourth-order valence-corrected chi connectivity index (χ4v) is 1.54. The van der Waals surface area contributed by atoms with Gasteiger partial charge in [0.15, 0.2) is 0 Å². The van der Waals surface area contributed by atoms with E-state index in [1.54, 1.807) is 6.92 Å². The van der Waals surface area contributed by atoms with E-state index in [4.69, 9.17) is 9.47 Å². The van der Waals surface area contributed by atoms with Gasteiger partial charge in [-0.25, -0.2) is 4.39 Å². The quantitative estimate of drug-likeness (QED) is 0.760. The van der Waals surface area contributed by atoms with Crippen molar-refractivity contribution in [2.24, 2.45) is 0 Å². The summed E-state index contributed by atoms with van der Waals surface area (Å²) in [5, 5.41) is 0. The summed E-state index contributed by atoms with van der Waals surface area (Å²) in [7, 11) is 2.74. The second-order valence-corrected chi connectivity index (χ2v) is 3.78. The fraction of sp³-hybridized carbons (Fsp3) is 0.385. The maximum absolute atomic E-state index is 13.7. The summed E-state index contributed by atoms with van der Waals surface area (Å²) in [5.74, 6) is -1.75. The summed E-state index contributed by atoms with van der Waals surface area (Å²) >= 11 is 0. The first-order valence-corrected chi connectivity index (χ1v) is 5.74. The summed E-state index contributed by atoms with van der Waals surface area (Å²) in [6.07, 6.45) is 0. The molecule has 19 heavy (non-hydrogen) atoms. The monoisotopic (exact) mass is 269 g/mol. The van der Waals surface area contributed by atoms with Crippen molar-refractivity contribution in [3.63, 3.8) is 0 Å². The minimum atomic E-state index is -0.694. The number of halogens is 1. The first kappa shape index (κ1) is 14.9. The van der Waals surface area contributed by atoms with Gasteiger partial charge in [-0.1, -0.05) is 6.07 Å². The molecule has 1 amide bonds. The smallest absolute Gasteiger partial charge is 0.325 e. The van der Waals surface area contributed by atoms with Gasteiger partial charge in [0.2, 0.25) is 0 Å². The molecule has 0 saturated carbocycles. The minimum absolute atomic E-state index is 0.126. The number of nitrogens with zero attached hydrogens (tertiary/aromatic N) is 1. The number of hydrogen-bond donors (Lipinski definition) is 0. The normalized spacial score (nSPS) is 9.89. The number of carbonyl (C=O) groups excluding carboxylic acids is 2. The highest BCUT2D eigenvalue weighted by atomic mass is 19.1. The highest BCUT2D eigenvalue weighted by molar-refractivity contribution is 5.98. The lowest BCUT2D eigenvalue weighted by Gasteiger charge is -2.18. The maximum Gasteiger partial charge on any atom is 0.325 e. The average Bonchev–Trinajstić information content (AvgIpc) is 2.37. The number of hydrogen-bond acceptors (Lipinski definition) is 4. The van der Waals surface area contributed by atoms with E-state index < -0.39 is 17.7 Å². The fourth-order valence-electron chi connectivity index (χ4n) is 1.54. The molecule has 0 aliphatic carbocycles. The summed E-state index contributed by atoms with van der Waals surface area (Å²) < 4.78 is 23.4. The molecule has 0 fully saturated rings. The van der Waals surface area contributed by atoms with Gasteiger partial charge in [-0.15, -0.1) is 0 Å². The average molecular weight is 269 g/mol. The van der Waals surface area contributed by atoms with E-state index in [1.807, 2.05) is 0 Å². The molecule has 6 heteroatoms. The van der Waals surface area contributed by atoms with Crippen LogP contribution in [0.1, 0.15) is 17.3 Å². The molecule has 1 aromatic rings. The Labute approximate surface area is 110 Å². The third-order valence-electron chi connectivity index (χ3n) is 2.43. The molecule has 1 aromatic carbocycles. The van der Waals surface area contributed by atoms with E-state index in [0.29, 0.717) is 0 Å². The Morgan fingerprint density at radius 1 is 1.37 bits per heavy atom. The van der Waals surface area contributed by atoms with E-state index in [9.17, 15) is 14.0 Å². The lowest BCUT2D eigenvalue weighted by Crippen LogP contribution is -2.33. The van der Waals surface area contributed by atoms with Crippen LogP contribution < -0.4 is 4.74 Å². The van der Waals surface area contributed by atoms with Crippen LogP contribution in [0.2, 0.25) is 0 Å². The van der Waals surface area contributed by atoms with Crippen molar-refractivity contribution in [1.29, 1.82) is 0 Å². The van der Waals surface area contributed by atoms with Gasteiger partial charge in [0.05, 0.1) is 13.7 Å². The van der Waals surface area contributed by atoms with Crippen LogP contribution in [0.5, 0.6) is 5.75 Å². The molecule has 1 rings (SSSR count). The van der Waals surface area contributed by atoms with Crippen molar-refractivity contribution in [2.75, 3.05) is 27.3 Å². The second kappa shape index (κ2) is 6.72. The summed E-state index contributed by atoms with van der Waals surface area (Å²) in [4.78, 5) is 24.5. The Bertz CT molecular complexity index is 476. The van der Waals surface area contributed by atoms with Crippen LogP contribution in [0, 0.1) is 5.82 Å². The SMILES string of the molecule is CCOC(=O)CN(C)C(=O)c1c(F)cccc1OC. The number of carbonyl (C=O) groups is 2. The Morgan fingerprint density at radius 3 is 2.63 bits per heavy atom. The maximum atomic E-state index is 13.7. The highest BCUT2D eigenvalue weighted by Gasteiger charge is 2.22. The number of benzene rings is 1. The van der Waals surface area contributed by atoms with Gasteiger partial charge in [-0.2, -0.15) is 0 Å². The molecule has 104 valence electrons. The van der Waals surface area contributed by atoms with Crippen LogP contribution in [0.25, 0.3) is 0 Å². The molecule has 0 aliphatic rings. The lowest BCUT2D eigenvalue weighted by atomic mass is 10.1. The lowest BCUT2D eigenvalue weighted by molar-refractivity contribution is -0.143. The van der Waals surface area contributed by atoms with E-state index in [0.717, 1.165) is 11.0 Å². The van der Waals surface area contributed by atoms with Crippen LogP contribution in [0.4, 0.5) is 4.39 Å². The molecule has 0 aliphatic heterocycles. The van der Waals surface area contributed by atoms with E-state index in [1.165, 1.54) is 26.3 Å². The first-order valence-electron chi connectivity index (χ1n) is 5.74. The second-order valence-electron chi connectivity index (χ2n) is 3.78. The molecular weight excluding hydrogens is 253 g/mol. The molecular formula is C13H16FNO4. The zero-order chi connectivity index (χ0) is 14.4. The molecule has 0 aromatic heterocycles. The van der Waals surface area contributed by atoms with Gasteiger partial charge in [0.1, 0.15) is 23.7 Å². The van der Waals surface area contributed by atoms with Gasteiger partial charge in [-0.3, -0.25) is 9.59 Å². The van der Waals surface area contributed by atoms with Crippen molar-refractivity contribution in [3.8, 4) is 5.75 Å². The molecule has 0 unspecified atom stereocenters. The van der Waals surface area contributed by atoms with Gasteiger partial charge >= 0.3 is 5.97 Å². The largest absolute Gasteiger partial charge is 0.496 e. The first-order chi connectivity index (χ1) is 9.01. The third kappa shape index (κ3) is 3.67. The molecule has 5 nitrogen and oxygen atoms in total. The van der Waals surface area contributed by atoms with E-state index in [-0.39, 0.29) is 24.5 Å². The molecule has 0 spiro atoms. The van der Waals surface area contributed by atoms with Crippen LogP contribution in [0.3, 0.4) is 0 Å². The van der Waals surface area contributed by atoms with Crippen LogP contribution in [-0.4, -0.2) is 44.1 Å². The van der Waals surface area contributed by atoms with E-state index >= 15 is 0 Å². The van der Waals surface area contributed by atoms with Crippen molar-refractivity contribution < 1.29 is 23.5 Å². The van der Waals surface area contributed by atoms with Crippen LogP contribution in [0.15, 0.2) is 18.2 Å². The number of likely N-dealkylation sites (N-methyl/N-ethyl adjacent to an activating group) is 1. The topological polar surface area (TPSA) is 55.8 Å². The predicted octanol–water partition coefficient (Wildman–Crippen LogP) is 1.47. The van der Waals surface area contributed by atoms with Gasteiger partial charge in [-0.05, 0) is 19.1 Å². The summed E-state index contributed by atoms with van der Waals surface area (Å²) in [6, 6.07) is 4.08. The van der Waals surface area contributed by atoms with Gasteiger partial charge < -0.3 is 14.4 Å². The number of ether oxygens (including phenoxy) is 2. The predicted molar refractivity (Wildman–Crippen MR) is 66.5 cm³/mol. The van der Waals surface area contributed by atoms with Crippen molar-refractivity contribution in [2.45, 2.75) is 6.92 Å². The molecule has 0 N–H and O–H groups in total. The molecule has 0 atom stereocenters. The summed E-state index contributed by atoms with van der Waals surface area (Å²) in [6.45, 7) is 1.65. The Balaban J connectivity index is 2.91. The molecule has 0 radical (unpaired) electrons.